The van der Waals surface area contributed by atoms with Crippen LogP contribution in [0.1, 0.15) is 12.8 Å². The minimum absolute atomic E-state index is 0.284. The standard InChI is InChI=1S/C11H25BrSi2/c1-4-10-14(2,3)11-6-9-13-8-5-7-12/h4H,1,5-11,13H2,2-3H3. The molecule has 0 amide bonds. The van der Waals surface area contributed by atoms with E-state index < -0.39 is 8.07 Å². The van der Waals surface area contributed by atoms with Gasteiger partial charge in [0.05, 0.1) is 8.07 Å². The lowest BCUT2D eigenvalue weighted by molar-refractivity contribution is 1.01. The fourth-order valence-corrected chi connectivity index (χ4v) is 7.10. The molecule has 0 aromatic rings. The molecule has 0 spiro atoms. The van der Waals surface area contributed by atoms with E-state index >= 15 is 0 Å². The molecule has 0 aromatic heterocycles. The predicted molar refractivity (Wildman–Crippen MR) is 78.5 cm³/mol. The summed E-state index contributed by atoms with van der Waals surface area (Å²) in [4.78, 5) is 0. The highest BCUT2D eigenvalue weighted by atomic mass is 79.9. The van der Waals surface area contributed by atoms with Crippen LogP contribution in [0.3, 0.4) is 0 Å². The van der Waals surface area contributed by atoms with E-state index in [-0.39, 0.29) is 9.52 Å². The van der Waals surface area contributed by atoms with Crippen molar-refractivity contribution in [1.29, 1.82) is 0 Å². The van der Waals surface area contributed by atoms with Gasteiger partial charge in [0.1, 0.15) is 0 Å². The first-order valence-corrected chi connectivity index (χ1v) is 12.3. The van der Waals surface area contributed by atoms with E-state index in [1.165, 1.54) is 36.3 Å². The molecule has 0 aromatic carbocycles. The Balaban J connectivity index is 3.30. The average molecular weight is 293 g/mol. The average Bonchev–Trinajstić information content (AvgIpc) is 2.11. The van der Waals surface area contributed by atoms with Gasteiger partial charge in [-0.05, 0) is 12.5 Å². The van der Waals surface area contributed by atoms with Crippen molar-refractivity contribution in [3.63, 3.8) is 0 Å². The Labute approximate surface area is 102 Å². The van der Waals surface area contributed by atoms with Gasteiger partial charge in [0, 0.05) is 14.8 Å². The molecule has 0 saturated heterocycles. The zero-order chi connectivity index (χ0) is 10.9. The van der Waals surface area contributed by atoms with Gasteiger partial charge in [-0.15, -0.1) is 6.58 Å². The third-order valence-electron chi connectivity index (χ3n) is 2.68. The van der Waals surface area contributed by atoms with Crippen molar-refractivity contribution in [3.8, 4) is 0 Å². The minimum atomic E-state index is -0.877. The van der Waals surface area contributed by atoms with Gasteiger partial charge in [-0.3, -0.25) is 0 Å². The van der Waals surface area contributed by atoms with Crippen LogP contribution >= 0.6 is 15.9 Å². The van der Waals surface area contributed by atoms with Crippen molar-refractivity contribution < 1.29 is 0 Å². The van der Waals surface area contributed by atoms with Crippen LogP contribution in [0.5, 0.6) is 0 Å². The molecule has 0 saturated carbocycles. The van der Waals surface area contributed by atoms with Gasteiger partial charge in [0.25, 0.3) is 0 Å². The first-order valence-electron chi connectivity index (χ1n) is 5.79. The van der Waals surface area contributed by atoms with Crippen molar-refractivity contribution in [3.05, 3.63) is 12.7 Å². The number of rotatable bonds is 9. The molecule has 0 aliphatic carbocycles. The van der Waals surface area contributed by atoms with Crippen LogP contribution < -0.4 is 0 Å². The van der Waals surface area contributed by atoms with Gasteiger partial charge in [-0.25, -0.2) is 0 Å². The third kappa shape index (κ3) is 9.22. The smallest absolute Gasteiger partial charge is 0.0511 e. The van der Waals surface area contributed by atoms with Crippen LogP contribution in [0.25, 0.3) is 0 Å². The van der Waals surface area contributed by atoms with Crippen LogP contribution in [0.4, 0.5) is 0 Å². The zero-order valence-electron chi connectivity index (χ0n) is 9.82. The highest BCUT2D eigenvalue weighted by Crippen LogP contribution is 2.19. The summed E-state index contributed by atoms with van der Waals surface area (Å²) >= 11 is 3.49. The Morgan fingerprint density at radius 3 is 2.50 bits per heavy atom. The third-order valence-corrected chi connectivity index (χ3v) is 8.35. The van der Waals surface area contributed by atoms with E-state index in [4.69, 9.17) is 0 Å². The fraction of sp³-hybridized carbons (Fsp3) is 0.818. The first-order chi connectivity index (χ1) is 6.62. The Hall–Kier alpha value is 0.654. The van der Waals surface area contributed by atoms with Crippen LogP contribution in [0.15, 0.2) is 12.7 Å². The topological polar surface area (TPSA) is 0 Å². The van der Waals surface area contributed by atoms with Gasteiger partial charge >= 0.3 is 0 Å². The molecule has 0 heterocycles. The summed E-state index contributed by atoms with van der Waals surface area (Å²) in [5.74, 6) is 0. The highest BCUT2D eigenvalue weighted by Gasteiger charge is 2.17. The van der Waals surface area contributed by atoms with E-state index in [1.807, 2.05) is 0 Å². The highest BCUT2D eigenvalue weighted by molar-refractivity contribution is 9.09. The molecule has 14 heavy (non-hydrogen) atoms. The molecule has 0 fully saturated rings. The molecule has 0 rings (SSSR count). The second-order valence-electron chi connectivity index (χ2n) is 4.86. The Bertz CT molecular complexity index is 146. The molecule has 84 valence electrons. The molecule has 0 bridgehead atoms. The summed E-state index contributed by atoms with van der Waals surface area (Å²) < 4.78 is 0. The number of hydrogen-bond acceptors (Lipinski definition) is 0. The lowest BCUT2D eigenvalue weighted by Crippen LogP contribution is -2.23. The second-order valence-corrected chi connectivity index (χ2v) is 13.0. The van der Waals surface area contributed by atoms with Gasteiger partial charge in [0.15, 0.2) is 0 Å². The molecular weight excluding hydrogens is 268 g/mol. The molecule has 3 heteroatoms. The Morgan fingerprint density at radius 1 is 1.29 bits per heavy atom. The molecule has 0 aliphatic heterocycles. The van der Waals surface area contributed by atoms with Gasteiger partial charge < -0.3 is 0 Å². The molecule has 0 nitrogen and oxygen atoms in total. The summed E-state index contributed by atoms with van der Waals surface area (Å²) in [5.41, 5.74) is 0. The quantitative estimate of drug-likeness (QED) is 0.260. The number of allylic oxidation sites excluding steroid dienone is 1. The maximum atomic E-state index is 3.85. The zero-order valence-corrected chi connectivity index (χ0v) is 13.8. The monoisotopic (exact) mass is 292 g/mol. The van der Waals surface area contributed by atoms with Crippen LogP contribution in [0.2, 0.25) is 37.3 Å². The summed E-state index contributed by atoms with van der Waals surface area (Å²) in [5, 5.41) is 1.21. The van der Waals surface area contributed by atoms with Crippen LogP contribution in [0, 0.1) is 0 Å². The Kier molecular flexibility index (Phi) is 9.34. The van der Waals surface area contributed by atoms with E-state index in [9.17, 15) is 0 Å². The van der Waals surface area contributed by atoms with Crippen molar-refractivity contribution in [2.24, 2.45) is 0 Å². The number of alkyl halides is 1. The summed E-state index contributed by atoms with van der Waals surface area (Å²) in [6, 6.07) is 5.92. The van der Waals surface area contributed by atoms with Gasteiger partial charge in [-0.2, -0.15) is 0 Å². The summed E-state index contributed by atoms with van der Waals surface area (Å²) in [7, 11) is -0.593. The van der Waals surface area contributed by atoms with Gasteiger partial charge in [-0.1, -0.05) is 59.7 Å². The maximum Gasteiger partial charge on any atom is 0.0511 e. The van der Waals surface area contributed by atoms with E-state index in [2.05, 4.69) is 41.7 Å². The minimum Gasteiger partial charge on any atom is -0.103 e. The van der Waals surface area contributed by atoms with Crippen molar-refractivity contribution in [1.82, 2.24) is 0 Å². The predicted octanol–water partition coefficient (Wildman–Crippen LogP) is 4.06. The lowest BCUT2D eigenvalue weighted by Gasteiger charge is -2.19. The van der Waals surface area contributed by atoms with Gasteiger partial charge in [0.2, 0.25) is 0 Å². The fourth-order valence-electron chi connectivity index (χ4n) is 1.72. The van der Waals surface area contributed by atoms with E-state index in [0.717, 1.165) is 0 Å². The van der Waals surface area contributed by atoms with Crippen LogP contribution in [-0.2, 0) is 0 Å². The molecule has 0 N–H and O–H groups in total. The van der Waals surface area contributed by atoms with E-state index in [1.54, 1.807) is 6.04 Å². The van der Waals surface area contributed by atoms with E-state index in [0.29, 0.717) is 0 Å². The largest absolute Gasteiger partial charge is 0.103 e. The van der Waals surface area contributed by atoms with Crippen molar-refractivity contribution >= 4 is 33.5 Å². The molecule has 0 atom stereocenters. The normalized spacial score (nSPS) is 12.5. The SMILES string of the molecule is C=CC[Si](C)(C)CCC[SiH2]CCCBr. The summed E-state index contributed by atoms with van der Waals surface area (Å²) in [6.07, 6.45) is 5.02. The number of halogens is 1. The van der Waals surface area contributed by atoms with Crippen LogP contribution in [-0.4, -0.2) is 22.9 Å². The first kappa shape index (κ1) is 14.7. The van der Waals surface area contributed by atoms with Crippen molar-refractivity contribution in [2.75, 3.05) is 5.33 Å². The maximum absolute atomic E-state index is 3.85. The van der Waals surface area contributed by atoms with Crippen molar-refractivity contribution in [2.45, 2.75) is 50.1 Å². The second kappa shape index (κ2) is 8.92. The molecule has 0 aliphatic rings. The summed E-state index contributed by atoms with van der Waals surface area (Å²) in [6.45, 7) is 8.84. The molecular formula is C11H25BrSi2. The molecule has 0 radical (unpaired) electrons. The molecule has 0 unspecified atom stereocenters. The lowest BCUT2D eigenvalue weighted by atomic mass is 10.6. The number of hydrogen-bond donors (Lipinski definition) is 0. The Morgan fingerprint density at radius 2 is 1.93 bits per heavy atom.